The third-order valence-corrected chi connectivity index (χ3v) is 1.42. The number of rotatable bonds is 2. The van der Waals surface area contributed by atoms with Crippen molar-refractivity contribution in [3.05, 3.63) is 30.3 Å². The minimum absolute atomic E-state index is 0.104. The normalized spacial score (nSPS) is 9.18. The average molecular weight is 166 g/mol. The van der Waals surface area contributed by atoms with Crippen LogP contribution in [0.2, 0.25) is 0 Å². The molecule has 0 saturated carbocycles. The highest BCUT2D eigenvalue weighted by Crippen LogP contribution is 2.03. The Balaban J connectivity index is 2.58. The van der Waals surface area contributed by atoms with Gasteiger partial charge in [-0.1, -0.05) is 12.1 Å². The molecular formula is C8H8NOS. The monoisotopic (exact) mass is 166 g/mol. The Hall–Kier alpha value is -0.960. The van der Waals surface area contributed by atoms with Gasteiger partial charge in [-0.3, -0.25) is 4.79 Å². The summed E-state index contributed by atoms with van der Waals surface area (Å²) in [6.07, 6.45) is 0. The highest BCUT2D eigenvalue weighted by molar-refractivity contribution is 7.81. The molecule has 0 aliphatic carbocycles. The maximum atomic E-state index is 10.8. The topological polar surface area (TPSA) is 29.1 Å². The van der Waals surface area contributed by atoms with E-state index >= 15 is 0 Å². The predicted molar refractivity (Wildman–Crippen MR) is 47.8 cm³/mol. The van der Waals surface area contributed by atoms with Gasteiger partial charge in [-0.05, 0) is 18.2 Å². The van der Waals surface area contributed by atoms with Gasteiger partial charge in [0.15, 0.2) is 0 Å². The molecular weight excluding hydrogens is 158 g/mol. The number of hydrogen-bond acceptors (Lipinski definition) is 2. The zero-order chi connectivity index (χ0) is 8.10. The van der Waals surface area contributed by atoms with Gasteiger partial charge in [0, 0.05) is 5.69 Å². The van der Waals surface area contributed by atoms with Crippen LogP contribution in [0, 0.1) is 6.07 Å². The van der Waals surface area contributed by atoms with Crippen LogP contribution in [0.4, 0.5) is 5.69 Å². The van der Waals surface area contributed by atoms with Crippen molar-refractivity contribution in [1.82, 2.24) is 0 Å². The maximum Gasteiger partial charge on any atom is 0.234 e. The maximum absolute atomic E-state index is 10.8. The molecule has 0 aliphatic rings. The fourth-order valence-corrected chi connectivity index (χ4v) is 0.751. The minimum Gasteiger partial charge on any atom is -0.325 e. The summed E-state index contributed by atoms with van der Waals surface area (Å²) in [5.74, 6) is 0.0995. The van der Waals surface area contributed by atoms with Crippen molar-refractivity contribution >= 4 is 24.2 Å². The molecule has 0 atom stereocenters. The van der Waals surface area contributed by atoms with Crippen LogP contribution in [0.5, 0.6) is 0 Å². The van der Waals surface area contributed by atoms with Gasteiger partial charge >= 0.3 is 0 Å². The molecule has 1 N–H and O–H groups in total. The molecule has 0 spiro atoms. The van der Waals surface area contributed by atoms with E-state index in [1.807, 2.05) is 6.07 Å². The molecule has 1 amide bonds. The largest absolute Gasteiger partial charge is 0.325 e. The van der Waals surface area contributed by atoms with Crippen molar-refractivity contribution in [1.29, 1.82) is 0 Å². The second-order valence-electron chi connectivity index (χ2n) is 2.00. The lowest BCUT2D eigenvalue weighted by Gasteiger charge is -2.00. The van der Waals surface area contributed by atoms with E-state index in [2.05, 4.69) is 24.0 Å². The Labute approximate surface area is 71.0 Å². The number of carbonyl (C=O) groups excluding carboxylic acids is 1. The Morgan fingerprint density at radius 2 is 2.55 bits per heavy atom. The van der Waals surface area contributed by atoms with Crippen molar-refractivity contribution in [3.63, 3.8) is 0 Å². The molecule has 0 saturated heterocycles. The van der Waals surface area contributed by atoms with E-state index in [4.69, 9.17) is 0 Å². The van der Waals surface area contributed by atoms with Gasteiger partial charge in [-0.25, -0.2) is 0 Å². The van der Waals surface area contributed by atoms with Gasteiger partial charge in [-0.2, -0.15) is 12.6 Å². The summed E-state index contributed by atoms with van der Waals surface area (Å²) in [6, 6.07) is 9.95. The molecule has 0 fully saturated rings. The summed E-state index contributed by atoms with van der Waals surface area (Å²) in [7, 11) is 0. The van der Waals surface area contributed by atoms with Gasteiger partial charge < -0.3 is 5.32 Å². The third kappa shape index (κ3) is 2.63. The van der Waals surface area contributed by atoms with E-state index < -0.39 is 0 Å². The minimum atomic E-state index is -0.104. The van der Waals surface area contributed by atoms with Crippen molar-refractivity contribution in [2.24, 2.45) is 0 Å². The summed E-state index contributed by atoms with van der Waals surface area (Å²) in [4.78, 5) is 10.8. The first kappa shape index (κ1) is 8.14. The van der Waals surface area contributed by atoms with E-state index in [1.54, 1.807) is 18.2 Å². The molecule has 57 valence electrons. The van der Waals surface area contributed by atoms with Gasteiger partial charge in [0.2, 0.25) is 5.91 Å². The number of anilines is 1. The standard InChI is InChI=1S/C8H8NOS/c10-8(6-11)9-7-4-2-1-3-5-7/h1-2,4-5,11H,6H2,(H,9,10). The van der Waals surface area contributed by atoms with E-state index in [9.17, 15) is 4.79 Å². The van der Waals surface area contributed by atoms with Crippen LogP contribution in [0.1, 0.15) is 0 Å². The van der Waals surface area contributed by atoms with Crippen LogP contribution in [0.15, 0.2) is 24.3 Å². The van der Waals surface area contributed by atoms with Crippen LogP contribution in [-0.2, 0) is 4.79 Å². The number of nitrogens with one attached hydrogen (secondary N) is 1. The molecule has 0 aliphatic heterocycles. The number of carbonyl (C=O) groups is 1. The molecule has 0 bridgehead atoms. The molecule has 1 radical (unpaired) electrons. The van der Waals surface area contributed by atoms with Crippen molar-refractivity contribution in [2.75, 3.05) is 11.1 Å². The molecule has 11 heavy (non-hydrogen) atoms. The van der Waals surface area contributed by atoms with E-state index in [-0.39, 0.29) is 11.7 Å². The fourth-order valence-electron chi connectivity index (χ4n) is 0.672. The third-order valence-electron chi connectivity index (χ3n) is 1.13. The van der Waals surface area contributed by atoms with Crippen LogP contribution in [0.3, 0.4) is 0 Å². The van der Waals surface area contributed by atoms with Crippen molar-refractivity contribution < 1.29 is 4.79 Å². The van der Waals surface area contributed by atoms with E-state index in [0.29, 0.717) is 0 Å². The second kappa shape index (κ2) is 4.03. The Morgan fingerprint density at radius 1 is 1.73 bits per heavy atom. The quantitative estimate of drug-likeness (QED) is 0.638. The summed E-state index contributed by atoms with van der Waals surface area (Å²) < 4.78 is 0. The lowest BCUT2D eigenvalue weighted by Crippen LogP contribution is -2.12. The lowest BCUT2D eigenvalue weighted by molar-refractivity contribution is -0.113. The Kier molecular flexibility index (Phi) is 2.98. The number of amides is 1. The lowest BCUT2D eigenvalue weighted by atomic mass is 10.3. The van der Waals surface area contributed by atoms with Crippen LogP contribution in [0.25, 0.3) is 0 Å². The highest BCUT2D eigenvalue weighted by atomic mass is 32.1. The highest BCUT2D eigenvalue weighted by Gasteiger charge is 1.96. The SMILES string of the molecule is O=C(CS)Nc1c[c]ccc1. The zero-order valence-corrected chi connectivity index (χ0v) is 6.77. The van der Waals surface area contributed by atoms with Crippen LogP contribution >= 0.6 is 12.6 Å². The smallest absolute Gasteiger partial charge is 0.234 e. The Bertz CT molecular complexity index is 235. The molecule has 3 heteroatoms. The summed E-state index contributed by atoms with van der Waals surface area (Å²) in [6.45, 7) is 0. The first-order valence-electron chi connectivity index (χ1n) is 3.20. The van der Waals surface area contributed by atoms with Crippen LogP contribution in [-0.4, -0.2) is 11.7 Å². The second-order valence-corrected chi connectivity index (χ2v) is 2.31. The molecule has 1 aromatic carbocycles. The number of thiol groups is 1. The van der Waals surface area contributed by atoms with E-state index in [1.165, 1.54) is 0 Å². The first-order chi connectivity index (χ1) is 5.33. The van der Waals surface area contributed by atoms with E-state index in [0.717, 1.165) is 5.69 Å². The summed E-state index contributed by atoms with van der Waals surface area (Å²) in [5.41, 5.74) is 0.756. The molecule has 1 aromatic rings. The predicted octanol–water partition coefficient (Wildman–Crippen LogP) is 1.36. The van der Waals surface area contributed by atoms with Crippen molar-refractivity contribution in [3.8, 4) is 0 Å². The average Bonchev–Trinajstić information content (AvgIpc) is 2.06. The molecule has 0 aromatic heterocycles. The Morgan fingerprint density at radius 3 is 3.09 bits per heavy atom. The van der Waals surface area contributed by atoms with Gasteiger partial charge in [0.1, 0.15) is 0 Å². The first-order valence-corrected chi connectivity index (χ1v) is 3.83. The zero-order valence-electron chi connectivity index (χ0n) is 5.87. The molecule has 0 unspecified atom stereocenters. The van der Waals surface area contributed by atoms with Gasteiger partial charge in [0.05, 0.1) is 5.75 Å². The summed E-state index contributed by atoms with van der Waals surface area (Å²) >= 11 is 3.82. The van der Waals surface area contributed by atoms with Gasteiger partial charge in [-0.15, -0.1) is 0 Å². The number of hydrogen-bond donors (Lipinski definition) is 2. The molecule has 2 nitrogen and oxygen atoms in total. The number of benzene rings is 1. The van der Waals surface area contributed by atoms with Gasteiger partial charge in [0.25, 0.3) is 0 Å². The fraction of sp³-hybridized carbons (Fsp3) is 0.125. The summed E-state index contributed by atoms with van der Waals surface area (Å²) in [5, 5.41) is 2.64. The van der Waals surface area contributed by atoms with Crippen molar-refractivity contribution in [2.45, 2.75) is 0 Å². The van der Waals surface area contributed by atoms with Crippen LogP contribution < -0.4 is 5.32 Å². The molecule has 1 rings (SSSR count). The molecule has 0 heterocycles.